The highest BCUT2D eigenvalue weighted by atomic mass is 79.9. The number of aromatic nitrogens is 8. The molecule has 8 nitrogen and oxygen atoms in total. The number of hydrogen-bond acceptors (Lipinski definition) is 4. The zero-order valence-corrected chi connectivity index (χ0v) is 27.0. The molecule has 4 aromatic heterocycles. The van der Waals surface area contributed by atoms with Crippen molar-refractivity contribution in [3.8, 4) is 0 Å². The van der Waals surface area contributed by atoms with Gasteiger partial charge in [-0.3, -0.25) is 20.4 Å². The average Bonchev–Trinajstić information content (AvgIpc) is 3.37. The highest BCUT2D eigenvalue weighted by molar-refractivity contribution is 9.12. The molecule has 29 heavy (non-hydrogen) atoms. The quantitative estimate of drug-likeness (QED) is 0.232. The van der Waals surface area contributed by atoms with E-state index in [4.69, 9.17) is 0 Å². The third-order valence-corrected chi connectivity index (χ3v) is 16.7. The van der Waals surface area contributed by atoms with Crippen molar-refractivity contribution in [1.82, 2.24) is 40.8 Å². The Morgan fingerprint density at radius 2 is 0.621 bits per heavy atom. The van der Waals surface area contributed by atoms with Crippen LogP contribution in [0.2, 0.25) is 0 Å². The fourth-order valence-electron chi connectivity index (χ4n) is 3.23. The zero-order chi connectivity index (χ0) is 21.1. The Balaban J connectivity index is 2.35. The van der Waals surface area contributed by atoms with Crippen LogP contribution in [0.25, 0.3) is 0 Å². The van der Waals surface area contributed by atoms with Crippen LogP contribution >= 0.6 is 127 Å². The number of nitrogens with one attached hydrogen (secondary N) is 4. The van der Waals surface area contributed by atoms with E-state index in [0.29, 0.717) is 18.4 Å². The average molecular weight is 928 g/mol. The molecule has 152 valence electrons. The van der Waals surface area contributed by atoms with Gasteiger partial charge < -0.3 is 0 Å². The third-order valence-electron chi connectivity index (χ3n) is 4.21. The Morgan fingerprint density at radius 3 is 0.759 bits per heavy atom. The van der Waals surface area contributed by atoms with E-state index in [1.54, 1.807) is 0 Å². The van der Waals surface area contributed by atoms with E-state index in [-0.39, 0.29) is 0 Å². The van der Waals surface area contributed by atoms with Crippen LogP contribution in [0, 0.1) is 0 Å². The first-order valence-corrected chi connectivity index (χ1v) is 15.6. The molecule has 0 bridgehead atoms. The van der Waals surface area contributed by atoms with Gasteiger partial charge in [-0.1, -0.05) is 0 Å². The van der Waals surface area contributed by atoms with Crippen molar-refractivity contribution in [3.63, 3.8) is 0 Å². The Bertz CT molecular complexity index is 957. The fourth-order valence-corrected chi connectivity index (χ4v) is 18.2. The van der Waals surface area contributed by atoms with Gasteiger partial charge in [0.1, 0.15) is 36.8 Å². The minimum atomic E-state index is -3.20. The monoisotopic (exact) mass is 919 g/mol. The molecule has 0 amide bonds. The maximum absolute atomic E-state index is 4.39. The molecule has 0 aliphatic carbocycles. The minimum Gasteiger partial charge on any atom is -0.270 e. The first-order valence-electron chi connectivity index (χ1n) is 7.30. The minimum absolute atomic E-state index is 0.649. The Hall–Kier alpha value is 0.897. The van der Waals surface area contributed by atoms with E-state index in [1.807, 2.05) is 0 Å². The van der Waals surface area contributed by atoms with Crippen LogP contribution in [0.5, 0.6) is 0 Å². The summed E-state index contributed by atoms with van der Waals surface area (Å²) in [4.78, 5) is 0. The fraction of sp³-hybridized carbons (Fsp3) is 0. The zero-order valence-electron chi connectivity index (χ0n) is 13.3. The van der Waals surface area contributed by atoms with E-state index in [2.05, 4.69) is 168 Å². The summed E-state index contributed by atoms with van der Waals surface area (Å²) in [6.45, 7) is 0. The van der Waals surface area contributed by atoms with Crippen molar-refractivity contribution in [2.45, 2.75) is 0 Å². The van der Waals surface area contributed by atoms with Gasteiger partial charge in [0.25, 0.3) is 0 Å². The van der Waals surface area contributed by atoms with Gasteiger partial charge in [0, 0.05) is 20.7 Å². The Morgan fingerprint density at radius 1 is 0.414 bits per heavy atom. The first kappa shape index (κ1) is 23.1. The molecular formula is C12H4Br8N8Si. The largest absolute Gasteiger partial charge is 0.270 e. The summed E-state index contributed by atoms with van der Waals surface area (Å²) in [6.07, 6.45) is 0. The number of nitrogens with zero attached hydrogens (tertiary/aromatic N) is 4. The lowest BCUT2D eigenvalue weighted by atomic mass is 10.7. The maximum Gasteiger partial charge on any atom is 0.205 e. The van der Waals surface area contributed by atoms with E-state index < -0.39 is 8.07 Å². The van der Waals surface area contributed by atoms with Crippen LogP contribution in [-0.4, -0.2) is 48.9 Å². The summed E-state index contributed by atoms with van der Waals surface area (Å²) in [5.74, 6) is 0. The van der Waals surface area contributed by atoms with Gasteiger partial charge in [0.2, 0.25) is 8.07 Å². The Kier molecular flexibility index (Phi) is 6.91. The summed E-state index contributed by atoms with van der Waals surface area (Å²) < 4.78 is 5.47. The van der Waals surface area contributed by atoms with Crippen LogP contribution in [-0.2, 0) is 0 Å². The van der Waals surface area contributed by atoms with Crippen LogP contribution < -0.4 is 20.7 Å². The second-order valence-corrected chi connectivity index (χ2v) is 15.2. The molecule has 0 radical (unpaired) electrons. The molecule has 0 atom stereocenters. The SMILES string of the molecule is Brc1n[nH]c(Br)c1[Si](c1c(Br)n[nH]c1Br)(c1c(Br)n[nH]c1Br)c1c(Br)n[nH]c1Br. The number of H-pyrrole nitrogens is 4. The molecule has 0 saturated carbocycles. The van der Waals surface area contributed by atoms with E-state index in [9.17, 15) is 0 Å². The van der Waals surface area contributed by atoms with Gasteiger partial charge in [-0.25, -0.2) is 0 Å². The smallest absolute Gasteiger partial charge is 0.205 e. The number of hydrogen-bond donors (Lipinski definition) is 4. The lowest BCUT2D eigenvalue weighted by Gasteiger charge is -2.32. The normalized spacial score (nSPS) is 12.1. The van der Waals surface area contributed by atoms with E-state index >= 15 is 0 Å². The van der Waals surface area contributed by atoms with Crippen molar-refractivity contribution in [1.29, 1.82) is 0 Å². The second-order valence-electron chi connectivity index (χ2n) is 5.56. The molecule has 0 aliphatic rings. The molecule has 17 heteroatoms. The van der Waals surface area contributed by atoms with Gasteiger partial charge in [0.15, 0.2) is 0 Å². The molecule has 4 N–H and O–H groups in total. The van der Waals surface area contributed by atoms with Crippen LogP contribution in [0.4, 0.5) is 0 Å². The molecule has 4 aromatic rings. The number of aromatic amines is 4. The molecular weight excluding hydrogens is 924 g/mol. The molecule has 4 heterocycles. The van der Waals surface area contributed by atoms with E-state index in [1.165, 1.54) is 0 Å². The van der Waals surface area contributed by atoms with Crippen LogP contribution in [0.3, 0.4) is 0 Å². The predicted molar refractivity (Wildman–Crippen MR) is 140 cm³/mol. The highest BCUT2D eigenvalue weighted by Gasteiger charge is 2.55. The summed E-state index contributed by atoms with van der Waals surface area (Å²) in [6, 6.07) is 0. The molecule has 0 saturated heterocycles. The molecule has 0 unspecified atom stereocenters. The van der Waals surface area contributed by atoms with Gasteiger partial charge in [-0.2, -0.15) is 20.4 Å². The lowest BCUT2D eigenvalue weighted by Crippen LogP contribution is -2.76. The van der Waals surface area contributed by atoms with Crippen molar-refractivity contribution in [2.75, 3.05) is 0 Å². The molecule has 0 aliphatic heterocycles. The summed E-state index contributed by atoms with van der Waals surface area (Å²) in [5.41, 5.74) is 0. The molecule has 4 rings (SSSR count). The van der Waals surface area contributed by atoms with Gasteiger partial charge >= 0.3 is 0 Å². The lowest BCUT2D eigenvalue weighted by molar-refractivity contribution is 1.05. The maximum atomic E-state index is 4.39. The number of rotatable bonds is 4. The summed E-state index contributed by atoms with van der Waals surface area (Å²) >= 11 is 29.2. The van der Waals surface area contributed by atoms with E-state index in [0.717, 1.165) is 39.2 Å². The topological polar surface area (TPSA) is 115 Å². The number of halogens is 8. The van der Waals surface area contributed by atoms with Gasteiger partial charge in [-0.15, -0.1) is 0 Å². The Labute approximate surface area is 231 Å². The van der Waals surface area contributed by atoms with Crippen LogP contribution in [0.1, 0.15) is 0 Å². The summed E-state index contributed by atoms with van der Waals surface area (Å²) in [5, 5.41) is 33.2. The first-order chi connectivity index (χ1) is 13.7. The van der Waals surface area contributed by atoms with Gasteiger partial charge in [0.05, 0.1) is 0 Å². The van der Waals surface area contributed by atoms with Crippen molar-refractivity contribution in [3.05, 3.63) is 36.8 Å². The third kappa shape index (κ3) is 3.54. The summed E-state index contributed by atoms with van der Waals surface area (Å²) in [7, 11) is -3.20. The molecule has 0 fully saturated rings. The van der Waals surface area contributed by atoms with Crippen molar-refractivity contribution in [2.24, 2.45) is 0 Å². The second kappa shape index (κ2) is 8.68. The van der Waals surface area contributed by atoms with Gasteiger partial charge in [-0.05, 0) is 127 Å². The van der Waals surface area contributed by atoms with Crippen molar-refractivity contribution >= 4 is 156 Å². The molecule has 0 spiro atoms. The standard InChI is InChI=1S/C12H4Br8N8Si/c13-5-1(6(14)22-21-5)29(2-7(15)23-24-8(2)16,3-9(17)25-26-10(3)18)4-11(19)27-28-12(4)20/h(H,21,22)(H,23,24)(H,25,26)(H,27,28). The molecule has 0 aromatic carbocycles. The van der Waals surface area contributed by atoms with Crippen LogP contribution in [0.15, 0.2) is 36.8 Å². The van der Waals surface area contributed by atoms with Crippen molar-refractivity contribution < 1.29 is 0 Å². The predicted octanol–water partition coefficient (Wildman–Crippen LogP) is 4.06. The highest BCUT2D eigenvalue weighted by Crippen LogP contribution is 2.30.